The average Bonchev–Trinajstić information content (AvgIpc) is 3.05. The van der Waals surface area contributed by atoms with Crippen LogP contribution in [0, 0.1) is 5.92 Å². The van der Waals surface area contributed by atoms with E-state index in [9.17, 15) is 9.59 Å². The van der Waals surface area contributed by atoms with E-state index in [-0.39, 0.29) is 11.8 Å². The standard InChI is InChI=1S/C12H17N3O3/c1-2-5-15-7-9(6-13-15)11(16)14-10(12(17)18)8-3-4-8/h6-8,10H,2-5H2,1H3,(H,14,16)(H,17,18). The molecule has 18 heavy (non-hydrogen) atoms. The lowest BCUT2D eigenvalue weighted by atomic mass is 10.2. The predicted molar refractivity (Wildman–Crippen MR) is 64.1 cm³/mol. The van der Waals surface area contributed by atoms with Gasteiger partial charge >= 0.3 is 5.97 Å². The van der Waals surface area contributed by atoms with Crippen LogP contribution in [-0.4, -0.2) is 32.8 Å². The summed E-state index contributed by atoms with van der Waals surface area (Å²) >= 11 is 0. The summed E-state index contributed by atoms with van der Waals surface area (Å²) < 4.78 is 1.68. The van der Waals surface area contributed by atoms with Crippen LogP contribution in [0.1, 0.15) is 36.5 Å². The number of hydrogen-bond acceptors (Lipinski definition) is 3. The molecule has 1 amide bonds. The number of carbonyl (C=O) groups is 2. The zero-order chi connectivity index (χ0) is 13.1. The van der Waals surface area contributed by atoms with Gasteiger partial charge in [-0.1, -0.05) is 6.92 Å². The maximum Gasteiger partial charge on any atom is 0.326 e. The highest BCUT2D eigenvalue weighted by molar-refractivity contribution is 5.96. The van der Waals surface area contributed by atoms with Gasteiger partial charge in [-0.25, -0.2) is 4.79 Å². The first kappa shape index (κ1) is 12.6. The van der Waals surface area contributed by atoms with Crippen LogP contribution in [0.3, 0.4) is 0 Å². The van der Waals surface area contributed by atoms with Crippen molar-refractivity contribution in [2.75, 3.05) is 0 Å². The Bertz CT molecular complexity index is 451. The molecule has 1 atom stereocenters. The fourth-order valence-corrected chi connectivity index (χ4v) is 1.87. The van der Waals surface area contributed by atoms with Crippen molar-refractivity contribution >= 4 is 11.9 Å². The van der Waals surface area contributed by atoms with Crippen LogP contribution in [0.25, 0.3) is 0 Å². The van der Waals surface area contributed by atoms with Crippen LogP contribution in [0.2, 0.25) is 0 Å². The lowest BCUT2D eigenvalue weighted by Gasteiger charge is -2.12. The van der Waals surface area contributed by atoms with E-state index < -0.39 is 12.0 Å². The smallest absolute Gasteiger partial charge is 0.326 e. The van der Waals surface area contributed by atoms with Crippen molar-refractivity contribution in [2.24, 2.45) is 5.92 Å². The largest absolute Gasteiger partial charge is 0.480 e. The molecule has 0 saturated heterocycles. The van der Waals surface area contributed by atoms with Gasteiger partial charge in [-0.3, -0.25) is 9.48 Å². The Balaban J connectivity index is 1.99. The first-order valence-electron chi connectivity index (χ1n) is 6.18. The maximum atomic E-state index is 11.9. The molecule has 1 saturated carbocycles. The zero-order valence-corrected chi connectivity index (χ0v) is 10.3. The van der Waals surface area contributed by atoms with E-state index in [1.807, 2.05) is 6.92 Å². The minimum atomic E-state index is -0.966. The van der Waals surface area contributed by atoms with E-state index >= 15 is 0 Å². The van der Waals surface area contributed by atoms with Crippen LogP contribution >= 0.6 is 0 Å². The number of nitrogens with one attached hydrogen (secondary N) is 1. The average molecular weight is 251 g/mol. The zero-order valence-electron chi connectivity index (χ0n) is 10.3. The molecule has 2 rings (SSSR count). The quantitative estimate of drug-likeness (QED) is 0.786. The van der Waals surface area contributed by atoms with E-state index in [1.165, 1.54) is 6.20 Å². The van der Waals surface area contributed by atoms with Gasteiger partial charge in [0, 0.05) is 12.7 Å². The molecule has 1 aliphatic rings. The van der Waals surface area contributed by atoms with E-state index in [1.54, 1.807) is 10.9 Å². The summed E-state index contributed by atoms with van der Waals surface area (Å²) in [6.45, 7) is 2.77. The molecule has 1 aliphatic carbocycles. The Morgan fingerprint density at radius 1 is 1.61 bits per heavy atom. The van der Waals surface area contributed by atoms with Crippen LogP contribution in [0.15, 0.2) is 12.4 Å². The second kappa shape index (κ2) is 5.20. The van der Waals surface area contributed by atoms with Crippen molar-refractivity contribution in [1.82, 2.24) is 15.1 Å². The van der Waals surface area contributed by atoms with Crippen LogP contribution < -0.4 is 5.32 Å². The molecule has 1 aromatic heterocycles. The molecule has 1 unspecified atom stereocenters. The van der Waals surface area contributed by atoms with Crippen molar-refractivity contribution in [3.05, 3.63) is 18.0 Å². The monoisotopic (exact) mass is 251 g/mol. The number of carboxylic acids is 1. The summed E-state index contributed by atoms with van der Waals surface area (Å²) in [5.41, 5.74) is 0.412. The lowest BCUT2D eigenvalue weighted by molar-refractivity contribution is -0.139. The van der Waals surface area contributed by atoms with Gasteiger partial charge in [0.1, 0.15) is 6.04 Å². The van der Waals surface area contributed by atoms with Crippen LogP contribution in [-0.2, 0) is 11.3 Å². The summed E-state index contributed by atoms with van der Waals surface area (Å²) in [6.07, 6.45) is 5.78. The Kier molecular flexibility index (Phi) is 3.64. The molecular formula is C12H17N3O3. The number of carbonyl (C=O) groups excluding carboxylic acids is 1. The molecule has 1 aromatic rings. The fourth-order valence-electron chi connectivity index (χ4n) is 1.87. The van der Waals surface area contributed by atoms with Crippen LogP contribution in [0.5, 0.6) is 0 Å². The number of rotatable bonds is 6. The van der Waals surface area contributed by atoms with Gasteiger partial charge in [-0.05, 0) is 25.2 Å². The highest BCUT2D eigenvalue weighted by Crippen LogP contribution is 2.32. The second-order valence-corrected chi connectivity index (χ2v) is 4.62. The Labute approximate surface area is 105 Å². The number of aliphatic carboxylic acids is 1. The molecule has 2 N–H and O–H groups in total. The molecule has 0 bridgehead atoms. The highest BCUT2D eigenvalue weighted by Gasteiger charge is 2.37. The van der Waals surface area contributed by atoms with Crippen molar-refractivity contribution < 1.29 is 14.7 Å². The third-order valence-electron chi connectivity index (χ3n) is 2.99. The number of amides is 1. The maximum absolute atomic E-state index is 11.9. The number of aromatic nitrogens is 2. The van der Waals surface area contributed by atoms with E-state index in [2.05, 4.69) is 10.4 Å². The van der Waals surface area contributed by atoms with Crippen molar-refractivity contribution in [2.45, 2.75) is 38.8 Å². The SMILES string of the molecule is CCCn1cc(C(=O)NC(C(=O)O)C2CC2)cn1. The molecule has 0 spiro atoms. The minimum absolute atomic E-state index is 0.0807. The molecule has 0 aromatic carbocycles. The molecule has 1 heterocycles. The molecule has 6 heteroatoms. The van der Waals surface area contributed by atoms with E-state index in [4.69, 9.17) is 5.11 Å². The number of aryl methyl sites for hydroxylation is 1. The van der Waals surface area contributed by atoms with E-state index in [0.29, 0.717) is 5.56 Å². The lowest BCUT2D eigenvalue weighted by Crippen LogP contribution is -2.42. The number of carboxylic acid groups (broad SMARTS) is 1. The first-order valence-corrected chi connectivity index (χ1v) is 6.18. The van der Waals surface area contributed by atoms with Gasteiger partial charge in [-0.15, -0.1) is 0 Å². The number of hydrogen-bond donors (Lipinski definition) is 2. The summed E-state index contributed by atoms with van der Waals surface area (Å²) in [5.74, 6) is -1.25. The third-order valence-corrected chi connectivity index (χ3v) is 2.99. The highest BCUT2D eigenvalue weighted by atomic mass is 16.4. The van der Waals surface area contributed by atoms with Crippen molar-refractivity contribution in [3.63, 3.8) is 0 Å². The van der Waals surface area contributed by atoms with Gasteiger partial charge < -0.3 is 10.4 Å². The molecule has 0 aliphatic heterocycles. The molecule has 6 nitrogen and oxygen atoms in total. The van der Waals surface area contributed by atoms with Gasteiger partial charge in [0.05, 0.1) is 11.8 Å². The van der Waals surface area contributed by atoms with Crippen molar-refractivity contribution in [3.8, 4) is 0 Å². The summed E-state index contributed by atoms with van der Waals surface area (Å²) in [7, 11) is 0. The van der Waals surface area contributed by atoms with Gasteiger partial charge in [0.15, 0.2) is 0 Å². The molecule has 98 valence electrons. The van der Waals surface area contributed by atoms with Gasteiger partial charge in [0.2, 0.25) is 0 Å². The molecule has 1 fully saturated rings. The molecule has 0 radical (unpaired) electrons. The second-order valence-electron chi connectivity index (χ2n) is 4.62. The third kappa shape index (κ3) is 2.88. The number of nitrogens with zero attached hydrogens (tertiary/aromatic N) is 2. The van der Waals surface area contributed by atoms with Gasteiger partial charge in [-0.2, -0.15) is 5.10 Å². The van der Waals surface area contributed by atoms with Gasteiger partial charge in [0.25, 0.3) is 5.91 Å². The summed E-state index contributed by atoms with van der Waals surface area (Å²) in [5, 5.41) is 15.6. The predicted octanol–water partition coefficient (Wildman–Crippen LogP) is 0.886. The molecular weight excluding hydrogens is 234 g/mol. The summed E-state index contributed by atoms with van der Waals surface area (Å²) in [6, 6.07) is -0.771. The fraction of sp³-hybridized carbons (Fsp3) is 0.583. The van der Waals surface area contributed by atoms with Crippen LogP contribution in [0.4, 0.5) is 0 Å². The van der Waals surface area contributed by atoms with Crippen molar-refractivity contribution in [1.29, 1.82) is 0 Å². The summed E-state index contributed by atoms with van der Waals surface area (Å²) in [4.78, 5) is 22.9. The Hall–Kier alpha value is -1.85. The van der Waals surface area contributed by atoms with E-state index in [0.717, 1.165) is 25.8 Å². The Morgan fingerprint density at radius 2 is 2.33 bits per heavy atom. The Morgan fingerprint density at radius 3 is 2.89 bits per heavy atom. The first-order chi connectivity index (χ1) is 8.61. The topological polar surface area (TPSA) is 84.2 Å². The minimum Gasteiger partial charge on any atom is -0.480 e. The normalized spacial score (nSPS) is 16.3.